The Labute approximate surface area is 105 Å². The molecular weight excluding hydrogens is 214 g/mol. The van der Waals surface area contributed by atoms with Crippen molar-refractivity contribution in [1.82, 2.24) is 5.32 Å². The van der Waals surface area contributed by atoms with Gasteiger partial charge >= 0.3 is 0 Å². The molecule has 3 unspecified atom stereocenters. The molecule has 1 heterocycles. The first-order valence-corrected chi connectivity index (χ1v) is 6.84. The maximum absolute atomic E-state index is 9.30. The Morgan fingerprint density at radius 3 is 2.76 bits per heavy atom. The number of aliphatic hydroxyl groups excluding tert-OH is 1. The molecule has 3 nitrogen and oxygen atoms in total. The maximum atomic E-state index is 9.30. The molecule has 2 rings (SSSR count). The van der Waals surface area contributed by atoms with Crippen LogP contribution in [0.1, 0.15) is 40.5 Å². The summed E-state index contributed by atoms with van der Waals surface area (Å²) >= 11 is 0. The molecule has 1 aliphatic heterocycles. The lowest BCUT2D eigenvalue weighted by Gasteiger charge is -2.60. The minimum atomic E-state index is -0.0311. The van der Waals surface area contributed by atoms with Crippen molar-refractivity contribution in [3.8, 4) is 0 Å². The molecule has 0 spiro atoms. The number of hydrogen-bond acceptors (Lipinski definition) is 3. The standard InChI is InChI=1S/C14H27NO2/c1-13(2,9-16)8-15-11-10-6-5-7-17-12(10)14(11,3)4/h10-12,15-16H,5-9H2,1-4H3. The van der Waals surface area contributed by atoms with Crippen molar-refractivity contribution in [2.45, 2.75) is 52.7 Å². The third kappa shape index (κ3) is 2.38. The number of ether oxygens (including phenoxy) is 1. The second-order valence-electron chi connectivity index (χ2n) is 7.10. The van der Waals surface area contributed by atoms with E-state index in [4.69, 9.17) is 4.74 Å². The van der Waals surface area contributed by atoms with Crippen molar-refractivity contribution in [3.05, 3.63) is 0 Å². The highest BCUT2D eigenvalue weighted by Crippen LogP contribution is 2.51. The molecule has 0 aromatic carbocycles. The topological polar surface area (TPSA) is 41.5 Å². The number of aliphatic hydroxyl groups is 1. The minimum absolute atomic E-state index is 0.0311. The van der Waals surface area contributed by atoms with Crippen molar-refractivity contribution in [1.29, 1.82) is 0 Å². The predicted octanol–water partition coefficient (Wildman–Crippen LogP) is 1.80. The van der Waals surface area contributed by atoms with E-state index in [0.717, 1.165) is 13.2 Å². The zero-order valence-corrected chi connectivity index (χ0v) is 11.6. The van der Waals surface area contributed by atoms with Crippen molar-refractivity contribution in [3.63, 3.8) is 0 Å². The fraction of sp³-hybridized carbons (Fsp3) is 1.00. The SMILES string of the molecule is CC(C)(CO)CNC1C2CCCOC2C1(C)C. The smallest absolute Gasteiger partial charge is 0.0684 e. The van der Waals surface area contributed by atoms with Crippen LogP contribution in [-0.2, 0) is 4.74 Å². The molecule has 2 aliphatic rings. The highest BCUT2D eigenvalue weighted by Gasteiger charge is 2.57. The number of rotatable bonds is 4. The number of fused-ring (bicyclic) bond motifs is 1. The summed E-state index contributed by atoms with van der Waals surface area (Å²) in [5.41, 5.74) is 0.202. The van der Waals surface area contributed by atoms with E-state index in [0.29, 0.717) is 18.1 Å². The van der Waals surface area contributed by atoms with Gasteiger partial charge in [0.1, 0.15) is 0 Å². The first kappa shape index (κ1) is 13.3. The summed E-state index contributed by atoms with van der Waals surface area (Å²) in [5.74, 6) is 0.674. The van der Waals surface area contributed by atoms with E-state index in [9.17, 15) is 5.11 Å². The third-order valence-electron chi connectivity index (χ3n) is 4.56. The largest absolute Gasteiger partial charge is 0.396 e. The molecule has 3 heteroatoms. The monoisotopic (exact) mass is 241 g/mol. The van der Waals surface area contributed by atoms with Gasteiger partial charge < -0.3 is 15.2 Å². The lowest BCUT2D eigenvalue weighted by Crippen LogP contribution is -2.70. The zero-order valence-electron chi connectivity index (χ0n) is 11.6. The van der Waals surface area contributed by atoms with Crippen molar-refractivity contribution in [2.24, 2.45) is 16.7 Å². The quantitative estimate of drug-likeness (QED) is 0.788. The summed E-state index contributed by atoms with van der Waals surface area (Å²) in [6, 6.07) is 0.540. The van der Waals surface area contributed by atoms with Gasteiger partial charge in [-0.2, -0.15) is 0 Å². The number of nitrogens with one attached hydrogen (secondary N) is 1. The summed E-state index contributed by atoms with van der Waals surface area (Å²) in [5, 5.41) is 13.0. The normalized spacial score (nSPS) is 36.2. The third-order valence-corrected chi connectivity index (χ3v) is 4.56. The van der Waals surface area contributed by atoms with Gasteiger partial charge in [-0.1, -0.05) is 27.7 Å². The van der Waals surface area contributed by atoms with E-state index in [-0.39, 0.29) is 17.4 Å². The molecule has 0 aromatic heterocycles. The van der Waals surface area contributed by atoms with Gasteiger partial charge in [0.25, 0.3) is 0 Å². The molecule has 2 fully saturated rings. The molecule has 1 saturated heterocycles. The minimum Gasteiger partial charge on any atom is -0.396 e. The van der Waals surface area contributed by atoms with E-state index >= 15 is 0 Å². The zero-order chi connectivity index (χ0) is 12.7. The molecular formula is C14H27NO2. The first-order chi connectivity index (χ1) is 7.88. The van der Waals surface area contributed by atoms with Crippen LogP contribution in [0.5, 0.6) is 0 Å². The Morgan fingerprint density at radius 2 is 2.12 bits per heavy atom. The summed E-state index contributed by atoms with van der Waals surface area (Å²) in [4.78, 5) is 0. The van der Waals surface area contributed by atoms with Crippen molar-refractivity contribution >= 4 is 0 Å². The van der Waals surface area contributed by atoms with E-state index < -0.39 is 0 Å². The number of hydrogen-bond donors (Lipinski definition) is 2. The van der Waals surface area contributed by atoms with Crippen LogP contribution in [0.2, 0.25) is 0 Å². The Balaban J connectivity index is 1.92. The van der Waals surface area contributed by atoms with Gasteiger partial charge in [-0.3, -0.25) is 0 Å². The first-order valence-electron chi connectivity index (χ1n) is 6.84. The second kappa shape index (κ2) is 4.52. The van der Waals surface area contributed by atoms with Gasteiger partial charge in [0.15, 0.2) is 0 Å². The molecule has 17 heavy (non-hydrogen) atoms. The molecule has 0 radical (unpaired) electrons. The predicted molar refractivity (Wildman–Crippen MR) is 68.9 cm³/mol. The van der Waals surface area contributed by atoms with Gasteiger partial charge in [-0.05, 0) is 12.8 Å². The highest BCUT2D eigenvalue weighted by atomic mass is 16.5. The van der Waals surface area contributed by atoms with E-state index in [1.54, 1.807) is 0 Å². The molecule has 0 amide bonds. The lowest BCUT2D eigenvalue weighted by atomic mass is 9.55. The molecule has 0 aromatic rings. The Bertz CT molecular complexity index is 275. The van der Waals surface area contributed by atoms with E-state index in [1.807, 2.05) is 0 Å². The molecule has 1 aliphatic carbocycles. The van der Waals surface area contributed by atoms with Gasteiger partial charge in [0.2, 0.25) is 0 Å². The van der Waals surface area contributed by atoms with Gasteiger partial charge in [0.05, 0.1) is 6.10 Å². The molecule has 0 bridgehead atoms. The van der Waals surface area contributed by atoms with Crippen LogP contribution in [0.15, 0.2) is 0 Å². The average molecular weight is 241 g/mol. The van der Waals surface area contributed by atoms with Gasteiger partial charge in [0, 0.05) is 42.5 Å². The Morgan fingerprint density at radius 1 is 1.41 bits per heavy atom. The second-order valence-corrected chi connectivity index (χ2v) is 7.10. The molecule has 2 N–H and O–H groups in total. The summed E-state index contributed by atoms with van der Waals surface area (Å²) < 4.78 is 5.89. The maximum Gasteiger partial charge on any atom is 0.0684 e. The van der Waals surface area contributed by atoms with Crippen LogP contribution in [-0.4, -0.2) is 37.0 Å². The fourth-order valence-corrected chi connectivity index (χ4v) is 3.38. The van der Waals surface area contributed by atoms with Crippen molar-refractivity contribution < 1.29 is 9.84 Å². The van der Waals surface area contributed by atoms with Crippen LogP contribution in [0, 0.1) is 16.7 Å². The lowest BCUT2D eigenvalue weighted by molar-refractivity contribution is -0.193. The van der Waals surface area contributed by atoms with E-state index in [1.165, 1.54) is 12.8 Å². The van der Waals surface area contributed by atoms with Crippen LogP contribution in [0.25, 0.3) is 0 Å². The summed E-state index contributed by atoms with van der Waals surface area (Å²) in [7, 11) is 0. The molecule has 100 valence electrons. The molecule has 1 saturated carbocycles. The van der Waals surface area contributed by atoms with Crippen LogP contribution in [0.3, 0.4) is 0 Å². The van der Waals surface area contributed by atoms with Crippen LogP contribution >= 0.6 is 0 Å². The molecule has 3 atom stereocenters. The summed E-state index contributed by atoms with van der Waals surface area (Å²) in [6.07, 6.45) is 2.91. The fourth-order valence-electron chi connectivity index (χ4n) is 3.38. The Hall–Kier alpha value is -0.120. The Kier molecular flexibility index (Phi) is 3.54. The van der Waals surface area contributed by atoms with Crippen molar-refractivity contribution in [2.75, 3.05) is 19.8 Å². The van der Waals surface area contributed by atoms with Crippen LogP contribution < -0.4 is 5.32 Å². The average Bonchev–Trinajstić information content (AvgIpc) is 2.29. The van der Waals surface area contributed by atoms with Crippen LogP contribution in [0.4, 0.5) is 0 Å². The summed E-state index contributed by atoms with van der Waals surface area (Å²) in [6.45, 7) is 10.8. The van der Waals surface area contributed by atoms with Gasteiger partial charge in [-0.25, -0.2) is 0 Å². The van der Waals surface area contributed by atoms with Gasteiger partial charge in [-0.15, -0.1) is 0 Å². The highest BCUT2D eigenvalue weighted by molar-refractivity contribution is 5.10. The van der Waals surface area contributed by atoms with E-state index in [2.05, 4.69) is 33.0 Å².